The summed E-state index contributed by atoms with van der Waals surface area (Å²) < 4.78 is 0. The molecule has 0 saturated heterocycles. The Balaban J connectivity index is 2.70. The SMILES string of the molecule is C=C/C=C(\C=C)C(C)(c1ccccc1)c1ccccc1. The van der Waals surface area contributed by atoms with Gasteiger partial charge in [0.25, 0.3) is 0 Å². The maximum Gasteiger partial charge on any atom is 0.0423 e. The van der Waals surface area contributed by atoms with Crippen molar-refractivity contribution in [3.63, 3.8) is 0 Å². The summed E-state index contributed by atoms with van der Waals surface area (Å²) in [6.45, 7) is 10.0. The Labute approximate surface area is 121 Å². The van der Waals surface area contributed by atoms with Crippen LogP contribution in [0, 0.1) is 0 Å². The van der Waals surface area contributed by atoms with Crippen molar-refractivity contribution in [2.75, 3.05) is 0 Å². The van der Waals surface area contributed by atoms with Gasteiger partial charge in [-0.1, -0.05) is 92.0 Å². The molecule has 0 aliphatic rings. The van der Waals surface area contributed by atoms with E-state index in [1.54, 1.807) is 0 Å². The van der Waals surface area contributed by atoms with Crippen LogP contribution in [0.3, 0.4) is 0 Å². The van der Waals surface area contributed by atoms with Crippen LogP contribution in [0.15, 0.2) is 97.6 Å². The molecule has 0 amide bonds. The predicted molar refractivity (Wildman–Crippen MR) is 87.8 cm³/mol. The zero-order valence-corrected chi connectivity index (χ0v) is 11.9. The largest absolute Gasteiger partial charge is 0.0991 e. The zero-order chi connectivity index (χ0) is 14.4. The third-order valence-corrected chi connectivity index (χ3v) is 3.80. The highest BCUT2D eigenvalue weighted by Crippen LogP contribution is 2.39. The molecule has 0 aliphatic heterocycles. The van der Waals surface area contributed by atoms with Gasteiger partial charge in [-0.15, -0.1) is 0 Å². The molecule has 0 spiro atoms. The summed E-state index contributed by atoms with van der Waals surface area (Å²) >= 11 is 0. The fraction of sp³-hybridized carbons (Fsp3) is 0.100. The Morgan fingerprint density at radius 1 is 0.850 bits per heavy atom. The fourth-order valence-corrected chi connectivity index (χ4v) is 2.61. The lowest BCUT2D eigenvalue weighted by Gasteiger charge is -2.32. The van der Waals surface area contributed by atoms with Crippen molar-refractivity contribution in [3.05, 3.63) is 109 Å². The van der Waals surface area contributed by atoms with Gasteiger partial charge in [0.1, 0.15) is 0 Å². The third kappa shape index (κ3) is 2.50. The van der Waals surface area contributed by atoms with Crippen LogP contribution in [0.4, 0.5) is 0 Å². The van der Waals surface area contributed by atoms with E-state index in [0.29, 0.717) is 0 Å². The molecule has 0 aromatic heterocycles. The van der Waals surface area contributed by atoms with Crippen LogP contribution in [0.1, 0.15) is 18.1 Å². The summed E-state index contributed by atoms with van der Waals surface area (Å²) in [6, 6.07) is 21.0. The van der Waals surface area contributed by atoms with Gasteiger partial charge in [0, 0.05) is 5.41 Å². The smallest absolute Gasteiger partial charge is 0.0423 e. The number of hydrogen-bond donors (Lipinski definition) is 0. The molecule has 0 aliphatic carbocycles. The molecule has 2 aromatic rings. The second-order valence-corrected chi connectivity index (χ2v) is 4.92. The fourth-order valence-electron chi connectivity index (χ4n) is 2.61. The average molecular weight is 260 g/mol. The van der Waals surface area contributed by atoms with E-state index in [2.05, 4.69) is 68.6 Å². The van der Waals surface area contributed by atoms with Crippen molar-refractivity contribution in [3.8, 4) is 0 Å². The molecule has 0 saturated carbocycles. The second kappa shape index (κ2) is 6.21. The van der Waals surface area contributed by atoms with Gasteiger partial charge in [-0.05, 0) is 23.6 Å². The summed E-state index contributed by atoms with van der Waals surface area (Å²) in [5.41, 5.74) is 3.42. The van der Waals surface area contributed by atoms with Gasteiger partial charge >= 0.3 is 0 Å². The summed E-state index contributed by atoms with van der Waals surface area (Å²) in [5, 5.41) is 0. The number of hydrogen-bond acceptors (Lipinski definition) is 0. The van der Waals surface area contributed by atoms with E-state index < -0.39 is 0 Å². The van der Waals surface area contributed by atoms with Crippen LogP contribution >= 0.6 is 0 Å². The normalized spacial score (nSPS) is 11.9. The van der Waals surface area contributed by atoms with Gasteiger partial charge in [-0.25, -0.2) is 0 Å². The maximum absolute atomic E-state index is 3.98. The van der Waals surface area contributed by atoms with E-state index in [0.717, 1.165) is 5.57 Å². The van der Waals surface area contributed by atoms with Crippen LogP contribution in [0.5, 0.6) is 0 Å². The molecule has 0 unspecified atom stereocenters. The molecule has 0 N–H and O–H groups in total. The second-order valence-electron chi connectivity index (χ2n) is 4.92. The summed E-state index contributed by atoms with van der Waals surface area (Å²) in [7, 11) is 0. The van der Waals surface area contributed by atoms with E-state index in [9.17, 15) is 0 Å². The Hall–Kier alpha value is -2.34. The van der Waals surface area contributed by atoms with Crippen molar-refractivity contribution < 1.29 is 0 Å². The van der Waals surface area contributed by atoms with Crippen LogP contribution in [-0.2, 0) is 5.41 Å². The molecule has 100 valence electrons. The van der Waals surface area contributed by atoms with Crippen LogP contribution in [0.2, 0.25) is 0 Å². The van der Waals surface area contributed by atoms with Gasteiger partial charge in [0.2, 0.25) is 0 Å². The number of rotatable bonds is 5. The number of benzene rings is 2. The molecular weight excluding hydrogens is 240 g/mol. The summed E-state index contributed by atoms with van der Waals surface area (Å²) in [4.78, 5) is 0. The van der Waals surface area contributed by atoms with E-state index in [-0.39, 0.29) is 5.41 Å². The summed E-state index contributed by atoms with van der Waals surface area (Å²) in [5.74, 6) is 0. The molecule has 0 radical (unpaired) electrons. The van der Waals surface area contributed by atoms with E-state index in [4.69, 9.17) is 0 Å². The Bertz CT molecular complexity index is 564. The minimum Gasteiger partial charge on any atom is -0.0991 e. The molecule has 0 bridgehead atoms. The van der Waals surface area contributed by atoms with Gasteiger partial charge in [-0.3, -0.25) is 0 Å². The van der Waals surface area contributed by atoms with Crippen LogP contribution in [-0.4, -0.2) is 0 Å². The molecule has 0 heterocycles. The van der Waals surface area contributed by atoms with E-state index in [1.165, 1.54) is 11.1 Å². The molecule has 0 atom stereocenters. The zero-order valence-electron chi connectivity index (χ0n) is 11.9. The molecule has 0 heteroatoms. The van der Waals surface area contributed by atoms with Crippen LogP contribution in [0.25, 0.3) is 0 Å². The first-order chi connectivity index (χ1) is 9.73. The molecular formula is C20H20. The minimum atomic E-state index is -0.224. The van der Waals surface area contributed by atoms with Crippen molar-refractivity contribution in [2.45, 2.75) is 12.3 Å². The molecule has 0 nitrogen and oxygen atoms in total. The lowest BCUT2D eigenvalue weighted by molar-refractivity contribution is 0.691. The molecule has 0 fully saturated rings. The molecule has 2 rings (SSSR count). The summed E-state index contributed by atoms with van der Waals surface area (Å²) in [6.07, 6.45) is 5.77. The first-order valence-electron chi connectivity index (χ1n) is 6.80. The van der Waals surface area contributed by atoms with Gasteiger partial charge in [0.05, 0.1) is 0 Å². The Morgan fingerprint density at radius 3 is 1.65 bits per heavy atom. The van der Waals surface area contributed by atoms with Crippen molar-refractivity contribution in [1.29, 1.82) is 0 Å². The third-order valence-electron chi connectivity index (χ3n) is 3.80. The van der Waals surface area contributed by atoms with Crippen molar-refractivity contribution in [2.24, 2.45) is 0 Å². The first-order valence-corrected chi connectivity index (χ1v) is 6.80. The van der Waals surface area contributed by atoms with Gasteiger partial charge in [-0.2, -0.15) is 0 Å². The topological polar surface area (TPSA) is 0 Å². The van der Waals surface area contributed by atoms with Crippen molar-refractivity contribution in [1.82, 2.24) is 0 Å². The standard InChI is InChI=1S/C20H20/c1-4-12-17(5-2)20(3,18-13-8-6-9-14-18)19-15-10-7-11-16-19/h4-16H,1-2H2,3H3/b17-12+. The Morgan fingerprint density at radius 2 is 1.30 bits per heavy atom. The maximum atomic E-state index is 3.98. The Kier molecular flexibility index (Phi) is 4.37. The lowest BCUT2D eigenvalue weighted by Crippen LogP contribution is -2.25. The monoisotopic (exact) mass is 260 g/mol. The highest BCUT2D eigenvalue weighted by Gasteiger charge is 2.31. The van der Waals surface area contributed by atoms with Gasteiger partial charge < -0.3 is 0 Å². The quantitative estimate of drug-likeness (QED) is 0.641. The predicted octanol–water partition coefficient (Wildman–Crippen LogP) is 5.29. The average Bonchev–Trinajstić information content (AvgIpc) is 2.53. The highest BCUT2D eigenvalue weighted by atomic mass is 14.3. The van der Waals surface area contributed by atoms with Gasteiger partial charge in [0.15, 0.2) is 0 Å². The first kappa shape index (κ1) is 14.1. The van der Waals surface area contributed by atoms with Crippen LogP contribution < -0.4 is 0 Å². The van der Waals surface area contributed by atoms with Crippen molar-refractivity contribution >= 4 is 0 Å². The number of allylic oxidation sites excluding steroid dienone is 4. The molecule has 2 aromatic carbocycles. The van der Waals surface area contributed by atoms with E-state index in [1.807, 2.05) is 30.4 Å². The molecule has 20 heavy (non-hydrogen) atoms. The minimum absolute atomic E-state index is 0.224. The lowest BCUT2D eigenvalue weighted by atomic mass is 9.70. The van der Waals surface area contributed by atoms with E-state index >= 15 is 0 Å². The highest BCUT2D eigenvalue weighted by molar-refractivity contribution is 5.51.